The second-order valence-corrected chi connectivity index (χ2v) is 7.47. The average Bonchev–Trinajstić information content (AvgIpc) is 2.84. The fourth-order valence-electron chi connectivity index (χ4n) is 3.52. The predicted octanol–water partition coefficient (Wildman–Crippen LogP) is 3.70. The Kier molecular flexibility index (Phi) is 6.79. The zero-order valence-corrected chi connectivity index (χ0v) is 17.9. The van der Waals surface area contributed by atoms with Gasteiger partial charge in [0.2, 0.25) is 17.7 Å². The summed E-state index contributed by atoms with van der Waals surface area (Å²) in [5.41, 5.74) is 1.11. The molecule has 8 heteroatoms. The number of methoxy groups -OCH3 is 1. The molecule has 1 aliphatic rings. The fraction of sp³-hybridized carbons (Fsp3) is 0.292. The minimum atomic E-state index is -0.322. The monoisotopic (exact) mass is 436 g/mol. The third kappa shape index (κ3) is 5.51. The second-order valence-electron chi connectivity index (χ2n) is 7.47. The zero-order chi connectivity index (χ0) is 22.3. The van der Waals surface area contributed by atoms with Gasteiger partial charge in [-0.05, 0) is 48.4 Å². The Morgan fingerprint density at radius 3 is 2.34 bits per heavy atom. The molecule has 1 fully saturated rings. The molecule has 3 aromatic rings. The molecule has 0 unspecified atom stereocenters. The summed E-state index contributed by atoms with van der Waals surface area (Å²) in [6.45, 7) is 2.53. The quantitative estimate of drug-likeness (QED) is 0.563. The van der Waals surface area contributed by atoms with Gasteiger partial charge in [-0.15, -0.1) is 0 Å². The van der Waals surface area contributed by atoms with Gasteiger partial charge in [0.05, 0.1) is 7.11 Å². The van der Waals surface area contributed by atoms with Crippen molar-refractivity contribution in [1.29, 1.82) is 0 Å². The number of hydrogen-bond donors (Lipinski definition) is 0. The van der Waals surface area contributed by atoms with Gasteiger partial charge in [0.25, 0.3) is 0 Å². The van der Waals surface area contributed by atoms with Gasteiger partial charge in [0.1, 0.15) is 17.3 Å². The van der Waals surface area contributed by atoms with Crippen LogP contribution in [0.4, 0.5) is 10.3 Å². The lowest BCUT2D eigenvalue weighted by Crippen LogP contribution is -2.49. The highest BCUT2D eigenvalue weighted by atomic mass is 19.1. The first-order chi connectivity index (χ1) is 15.6. The normalized spacial score (nSPS) is 13.7. The number of piperazine rings is 1. The summed E-state index contributed by atoms with van der Waals surface area (Å²) < 4.78 is 23.9. The highest BCUT2D eigenvalue weighted by Gasteiger charge is 2.22. The van der Waals surface area contributed by atoms with Crippen molar-refractivity contribution < 1.29 is 18.7 Å². The van der Waals surface area contributed by atoms with E-state index in [-0.39, 0.29) is 11.7 Å². The molecule has 1 aliphatic heterocycles. The first-order valence-electron chi connectivity index (χ1n) is 10.5. The molecule has 0 saturated carbocycles. The molecule has 0 atom stereocenters. The zero-order valence-electron chi connectivity index (χ0n) is 17.9. The van der Waals surface area contributed by atoms with E-state index in [1.54, 1.807) is 31.5 Å². The van der Waals surface area contributed by atoms with Crippen LogP contribution in [0.5, 0.6) is 17.4 Å². The van der Waals surface area contributed by atoms with Crippen LogP contribution in [0.1, 0.15) is 12.0 Å². The van der Waals surface area contributed by atoms with Crippen LogP contribution in [0.15, 0.2) is 60.8 Å². The number of rotatable bonds is 7. The van der Waals surface area contributed by atoms with Gasteiger partial charge in [-0.2, -0.15) is 4.98 Å². The summed E-state index contributed by atoms with van der Waals surface area (Å²) in [5.74, 6) is 2.08. The predicted molar refractivity (Wildman–Crippen MR) is 119 cm³/mol. The minimum absolute atomic E-state index is 0.148. The number of hydrogen-bond acceptors (Lipinski definition) is 6. The number of aromatic nitrogens is 2. The Balaban J connectivity index is 1.28. The van der Waals surface area contributed by atoms with Crippen molar-refractivity contribution in [3.05, 3.63) is 72.2 Å². The van der Waals surface area contributed by atoms with E-state index in [1.165, 1.54) is 12.1 Å². The number of carbonyl (C=O) groups is 1. The maximum atomic E-state index is 13.1. The third-order valence-electron chi connectivity index (χ3n) is 5.36. The Morgan fingerprint density at radius 2 is 1.66 bits per heavy atom. The van der Waals surface area contributed by atoms with Crippen molar-refractivity contribution in [3.63, 3.8) is 0 Å². The maximum Gasteiger partial charge on any atom is 0.228 e. The number of halogens is 1. The Labute approximate surface area is 186 Å². The van der Waals surface area contributed by atoms with Crippen molar-refractivity contribution in [3.8, 4) is 17.4 Å². The van der Waals surface area contributed by atoms with E-state index < -0.39 is 0 Å². The van der Waals surface area contributed by atoms with Gasteiger partial charge in [-0.3, -0.25) is 4.79 Å². The van der Waals surface area contributed by atoms with Gasteiger partial charge in [0, 0.05) is 44.9 Å². The Morgan fingerprint density at radius 1 is 0.969 bits per heavy atom. The summed E-state index contributed by atoms with van der Waals surface area (Å²) in [5, 5.41) is 0. The lowest BCUT2D eigenvalue weighted by molar-refractivity contribution is -0.131. The summed E-state index contributed by atoms with van der Waals surface area (Å²) in [4.78, 5) is 25.3. The molecular formula is C24H25FN4O3. The minimum Gasteiger partial charge on any atom is -0.497 e. The molecule has 1 saturated heterocycles. The number of benzene rings is 2. The van der Waals surface area contributed by atoms with Crippen LogP contribution in [0.3, 0.4) is 0 Å². The Bertz CT molecular complexity index is 1040. The molecule has 166 valence electrons. The number of nitrogens with zero attached hydrogens (tertiary/aromatic N) is 4. The molecule has 1 aromatic heterocycles. The van der Waals surface area contributed by atoms with Gasteiger partial charge < -0.3 is 19.3 Å². The summed E-state index contributed by atoms with van der Waals surface area (Å²) in [7, 11) is 1.64. The molecule has 0 aliphatic carbocycles. The van der Waals surface area contributed by atoms with Crippen LogP contribution in [-0.4, -0.2) is 54.1 Å². The third-order valence-corrected chi connectivity index (χ3v) is 5.36. The summed E-state index contributed by atoms with van der Waals surface area (Å²) in [6.07, 6.45) is 2.81. The molecule has 1 amide bonds. The smallest absolute Gasteiger partial charge is 0.228 e. The number of carbonyl (C=O) groups excluding carboxylic acids is 1. The molecular weight excluding hydrogens is 411 g/mol. The van der Waals surface area contributed by atoms with Crippen LogP contribution in [0.2, 0.25) is 0 Å². The fourth-order valence-corrected chi connectivity index (χ4v) is 3.52. The molecule has 32 heavy (non-hydrogen) atoms. The molecule has 2 heterocycles. The van der Waals surface area contributed by atoms with E-state index in [0.717, 1.165) is 11.3 Å². The number of amides is 1. The van der Waals surface area contributed by atoms with E-state index in [1.807, 2.05) is 34.1 Å². The van der Waals surface area contributed by atoms with Crippen LogP contribution < -0.4 is 14.4 Å². The van der Waals surface area contributed by atoms with Crippen LogP contribution in [0.25, 0.3) is 0 Å². The first kappa shape index (κ1) is 21.5. The van der Waals surface area contributed by atoms with Gasteiger partial charge >= 0.3 is 0 Å². The molecule has 2 aromatic carbocycles. The molecule has 0 N–H and O–H groups in total. The number of aryl methyl sites for hydroxylation is 1. The van der Waals surface area contributed by atoms with Gasteiger partial charge in [-0.25, -0.2) is 9.37 Å². The van der Waals surface area contributed by atoms with E-state index in [0.29, 0.717) is 56.6 Å². The lowest BCUT2D eigenvalue weighted by Gasteiger charge is -2.34. The second kappa shape index (κ2) is 10.1. The molecule has 7 nitrogen and oxygen atoms in total. The van der Waals surface area contributed by atoms with Gasteiger partial charge in [0.15, 0.2) is 0 Å². The topological polar surface area (TPSA) is 67.8 Å². The molecule has 0 bridgehead atoms. The maximum absolute atomic E-state index is 13.1. The number of ether oxygens (including phenoxy) is 2. The van der Waals surface area contributed by atoms with E-state index >= 15 is 0 Å². The van der Waals surface area contributed by atoms with Gasteiger partial charge in [-0.1, -0.05) is 12.1 Å². The standard InChI is InChI=1S/C24H25FN4O3/c1-31-20-7-2-18(3-8-20)4-11-23(30)28-14-16-29(17-15-28)24-26-13-12-22(27-24)32-21-9-5-19(25)6-10-21/h2-3,5-10,12-13H,4,11,14-17H2,1H3. The lowest BCUT2D eigenvalue weighted by atomic mass is 10.1. The number of anilines is 1. The average molecular weight is 436 g/mol. The molecule has 4 rings (SSSR count). The van der Waals surface area contributed by atoms with E-state index in [2.05, 4.69) is 9.97 Å². The van der Waals surface area contributed by atoms with E-state index in [4.69, 9.17) is 9.47 Å². The molecule has 0 spiro atoms. The van der Waals surface area contributed by atoms with Crippen molar-refractivity contribution >= 4 is 11.9 Å². The highest BCUT2D eigenvalue weighted by molar-refractivity contribution is 5.76. The highest BCUT2D eigenvalue weighted by Crippen LogP contribution is 2.22. The van der Waals surface area contributed by atoms with Crippen LogP contribution in [0, 0.1) is 5.82 Å². The Hall–Kier alpha value is -3.68. The van der Waals surface area contributed by atoms with Crippen LogP contribution in [-0.2, 0) is 11.2 Å². The largest absolute Gasteiger partial charge is 0.497 e. The summed E-state index contributed by atoms with van der Waals surface area (Å²) >= 11 is 0. The first-order valence-corrected chi connectivity index (χ1v) is 10.5. The SMILES string of the molecule is COc1ccc(CCC(=O)N2CCN(c3nccc(Oc4ccc(F)cc4)n3)CC2)cc1. The van der Waals surface area contributed by atoms with Crippen molar-refractivity contribution in [2.24, 2.45) is 0 Å². The van der Waals surface area contributed by atoms with Crippen molar-refractivity contribution in [1.82, 2.24) is 14.9 Å². The summed E-state index contributed by atoms with van der Waals surface area (Å²) in [6, 6.07) is 15.2. The van der Waals surface area contributed by atoms with Crippen molar-refractivity contribution in [2.45, 2.75) is 12.8 Å². The van der Waals surface area contributed by atoms with Crippen molar-refractivity contribution in [2.75, 3.05) is 38.2 Å². The molecule has 0 radical (unpaired) electrons. The van der Waals surface area contributed by atoms with Crippen LogP contribution >= 0.6 is 0 Å². The van der Waals surface area contributed by atoms with E-state index in [9.17, 15) is 9.18 Å².